The van der Waals surface area contributed by atoms with E-state index in [9.17, 15) is 0 Å². The predicted molar refractivity (Wildman–Crippen MR) is 94.8 cm³/mol. The third kappa shape index (κ3) is 3.42. The number of nitrogens with one attached hydrogen (secondary N) is 1. The first-order valence-corrected chi connectivity index (χ1v) is 9.81. The summed E-state index contributed by atoms with van der Waals surface area (Å²) in [5, 5.41) is 3.99. The van der Waals surface area contributed by atoms with Crippen molar-refractivity contribution in [2.75, 3.05) is 13.1 Å². The van der Waals surface area contributed by atoms with Crippen molar-refractivity contribution >= 4 is 15.9 Å². The van der Waals surface area contributed by atoms with E-state index in [-0.39, 0.29) is 0 Å². The first-order chi connectivity index (χ1) is 10.8. The number of hydrogen-bond donors (Lipinski definition) is 1. The highest BCUT2D eigenvalue weighted by Crippen LogP contribution is 2.47. The summed E-state index contributed by atoms with van der Waals surface area (Å²) in [5.74, 6) is 2.11. The number of rotatable bonds is 5. The Kier molecular flexibility index (Phi) is 4.57. The summed E-state index contributed by atoms with van der Waals surface area (Å²) in [6, 6.07) is 10.2. The normalized spacial score (nSPS) is 30.2. The molecule has 3 aliphatic rings. The molecule has 3 fully saturated rings. The largest absolute Gasteiger partial charge is 0.311 e. The molecule has 0 spiro atoms. The van der Waals surface area contributed by atoms with E-state index >= 15 is 0 Å². The molecule has 0 bridgehead atoms. The molecule has 2 saturated carbocycles. The van der Waals surface area contributed by atoms with Gasteiger partial charge in [-0.3, -0.25) is 4.90 Å². The SMILES string of the molecule is Brc1ccccc1CN1CCC(NC2CCC2C2CC2)CC1. The Labute approximate surface area is 142 Å². The van der Waals surface area contributed by atoms with Gasteiger partial charge in [-0.2, -0.15) is 0 Å². The van der Waals surface area contributed by atoms with Gasteiger partial charge in [-0.05, 0) is 75.1 Å². The third-order valence-electron chi connectivity index (χ3n) is 5.94. The van der Waals surface area contributed by atoms with Crippen LogP contribution in [0.25, 0.3) is 0 Å². The summed E-state index contributed by atoms with van der Waals surface area (Å²) in [5.41, 5.74) is 1.42. The maximum Gasteiger partial charge on any atom is 0.0244 e. The average Bonchev–Trinajstić information content (AvgIpc) is 3.32. The average molecular weight is 363 g/mol. The van der Waals surface area contributed by atoms with Gasteiger partial charge in [-0.1, -0.05) is 34.1 Å². The molecule has 2 aliphatic carbocycles. The van der Waals surface area contributed by atoms with Crippen LogP contribution in [0, 0.1) is 11.8 Å². The van der Waals surface area contributed by atoms with Crippen LogP contribution in [0.4, 0.5) is 0 Å². The number of nitrogens with zero attached hydrogens (tertiary/aromatic N) is 1. The van der Waals surface area contributed by atoms with E-state index in [2.05, 4.69) is 50.4 Å². The van der Waals surface area contributed by atoms with Gasteiger partial charge in [0.25, 0.3) is 0 Å². The van der Waals surface area contributed by atoms with Crippen LogP contribution in [0.15, 0.2) is 28.7 Å². The van der Waals surface area contributed by atoms with Crippen LogP contribution in [-0.4, -0.2) is 30.1 Å². The molecule has 1 aromatic rings. The number of halogens is 1. The highest BCUT2D eigenvalue weighted by molar-refractivity contribution is 9.10. The van der Waals surface area contributed by atoms with Crippen molar-refractivity contribution in [1.82, 2.24) is 10.2 Å². The van der Waals surface area contributed by atoms with E-state index < -0.39 is 0 Å². The van der Waals surface area contributed by atoms with Gasteiger partial charge in [0.1, 0.15) is 0 Å². The van der Waals surface area contributed by atoms with Crippen molar-refractivity contribution < 1.29 is 0 Å². The van der Waals surface area contributed by atoms with Crippen LogP contribution in [0.5, 0.6) is 0 Å². The molecule has 0 radical (unpaired) electrons. The van der Waals surface area contributed by atoms with E-state index in [1.165, 1.54) is 61.7 Å². The zero-order chi connectivity index (χ0) is 14.9. The van der Waals surface area contributed by atoms with Crippen molar-refractivity contribution in [2.45, 2.75) is 57.2 Å². The molecule has 3 heteroatoms. The molecule has 120 valence electrons. The van der Waals surface area contributed by atoms with Crippen LogP contribution >= 0.6 is 15.9 Å². The maximum atomic E-state index is 3.99. The van der Waals surface area contributed by atoms with E-state index in [1.54, 1.807) is 0 Å². The van der Waals surface area contributed by atoms with Gasteiger partial charge in [0.15, 0.2) is 0 Å². The van der Waals surface area contributed by atoms with Crippen LogP contribution in [0.1, 0.15) is 44.1 Å². The standard InChI is InChI=1S/C19H27BrN2/c20-18-4-2-1-3-15(18)13-22-11-9-16(10-12-22)21-19-8-7-17(19)14-5-6-14/h1-4,14,16-17,19,21H,5-13H2. The number of hydrogen-bond acceptors (Lipinski definition) is 2. The lowest BCUT2D eigenvalue weighted by Crippen LogP contribution is -2.52. The first kappa shape index (κ1) is 15.2. The van der Waals surface area contributed by atoms with E-state index in [0.717, 1.165) is 30.5 Å². The molecule has 2 atom stereocenters. The third-order valence-corrected chi connectivity index (χ3v) is 6.72. The fourth-order valence-corrected chi connectivity index (χ4v) is 4.66. The van der Waals surface area contributed by atoms with Crippen molar-refractivity contribution in [3.05, 3.63) is 34.3 Å². The fourth-order valence-electron chi connectivity index (χ4n) is 4.25. The van der Waals surface area contributed by atoms with Gasteiger partial charge in [0.05, 0.1) is 0 Å². The fraction of sp³-hybridized carbons (Fsp3) is 0.684. The second kappa shape index (κ2) is 6.62. The molecule has 4 rings (SSSR count). The number of piperidine rings is 1. The van der Waals surface area contributed by atoms with Crippen molar-refractivity contribution in [3.63, 3.8) is 0 Å². The summed E-state index contributed by atoms with van der Waals surface area (Å²) >= 11 is 3.67. The highest BCUT2D eigenvalue weighted by atomic mass is 79.9. The Morgan fingerprint density at radius 1 is 1.00 bits per heavy atom. The zero-order valence-corrected chi connectivity index (χ0v) is 14.9. The van der Waals surface area contributed by atoms with E-state index in [0.29, 0.717) is 0 Å². The molecule has 0 aromatic heterocycles. The van der Waals surface area contributed by atoms with Crippen LogP contribution in [0.3, 0.4) is 0 Å². The Hall–Kier alpha value is -0.380. The summed E-state index contributed by atoms with van der Waals surface area (Å²) in [6.45, 7) is 3.56. The molecule has 2 unspecified atom stereocenters. The topological polar surface area (TPSA) is 15.3 Å². The Morgan fingerprint density at radius 3 is 2.41 bits per heavy atom. The van der Waals surface area contributed by atoms with E-state index in [4.69, 9.17) is 0 Å². The summed E-state index contributed by atoms with van der Waals surface area (Å²) in [7, 11) is 0. The van der Waals surface area contributed by atoms with Gasteiger partial charge in [0.2, 0.25) is 0 Å². The molecule has 1 saturated heterocycles. The minimum absolute atomic E-state index is 0.766. The van der Waals surface area contributed by atoms with Crippen LogP contribution in [-0.2, 0) is 6.54 Å². The number of benzene rings is 1. The smallest absolute Gasteiger partial charge is 0.0244 e. The summed E-state index contributed by atoms with van der Waals surface area (Å²) in [4.78, 5) is 2.61. The molecule has 1 N–H and O–H groups in total. The highest BCUT2D eigenvalue weighted by Gasteiger charge is 2.42. The van der Waals surface area contributed by atoms with Crippen molar-refractivity contribution in [3.8, 4) is 0 Å². The van der Waals surface area contributed by atoms with Gasteiger partial charge < -0.3 is 5.32 Å². The molecular formula is C19H27BrN2. The predicted octanol–water partition coefficient (Wildman–Crippen LogP) is 4.19. The lowest BCUT2D eigenvalue weighted by atomic mass is 9.75. The van der Waals surface area contributed by atoms with Gasteiger partial charge in [-0.25, -0.2) is 0 Å². The molecule has 0 amide bonds. The van der Waals surface area contributed by atoms with Gasteiger partial charge in [-0.15, -0.1) is 0 Å². The van der Waals surface area contributed by atoms with Crippen LogP contribution in [0.2, 0.25) is 0 Å². The lowest BCUT2D eigenvalue weighted by Gasteiger charge is -2.42. The molecule has 22 heavy (non-hydrogen) atoms. The lowest BCUT2D eigenvalue weighted by molar-refractivity contribution is 0.130. The monoisotopic (exact) mass is 362 g/mol. The minimum atomic E-state index is 0.766. The first-order valence-electron chi connectivity index (χ1n) is 9.01. The van der Waals surface area contributed by atoms with Crippen molar-refractivity contribution in [2.24, 2.45) is 11.8 Å². The molecule has 1 aliphatic heterocycles. The Bertz CT molecular complexity index is 506. The van der Waals surface area contributed by atoms with E-state index in [1.807, 2.05) is 0 Å². The van der Waals surface area contributed by atoms with Gasteiger partial charge in [0, 0.05) is 23.1 Å². The summed E-state index contributed by atoms with van der Waals surface area (Å²) in [6.07, 6.45) is 8.57. The molecular weight excluding hydrogens is 336 g/mol. The van der Waals surface area contributed by atoms with Crippen LogP contribution < -0.4 is 5.32 Å². The second-order valence-electron chi connectivity index (χ2n) is 7.49. The Balaban J connectivity index is 1.23. The quantitative estimate of drug-likeness (QED) is 0.844. The summed E-state index contributed by atoms with van der Waals surface area (Å²) < 4.78 is 1.25. The minimum Gasteiger partial charge on any atom is -0.311 e. The maximum absolute atomic E-state index is 3.99. The zero-order valence-electron chi connectivity index (χ0n) is 13.3. The second-order valence-corrected chi connectivity index (χ2v) is 8.35. The molecule has 1 heterocycles. The Morgan fingerprint density at radius 2 is 1.77 bits per heavy atom. The molecule has 1 aromatic carbocycles. The molecule has 2 nitrogen and oxygen atoms in total. The van der Waals surface area contributed by atoms with Crippen molar-refractivity contribution in [1.29, 1.82) is 0 Å². The number of likely N-dealkylation sites (tertiary alicyclic amines) is 1. The van der Waals surface area contributed by atoms with Gasteiger partial charge >= 0.3 is 0 Å².